The van der Waals surface area contributed by atoms with E-state index >= 15 is 0 Å². The summed E-state index contributed by atoms with van der Waals surface area (Å²) in [7, 11) is 3.43. The van der Waals surface area contributed by atoms with Crippen molar-refractivity contribution in [2.24, 2.45) is 12.2 Å². The molecule has 0 radical (unpaired) electrons. The number of imidazole rings is 1. The number of nitrogens with zero attached hydrogens (tertiary/aromatic N) is 3. The van der Waals surface area contributed by atoms with Gasteiger partial charge >= 0.3 is 0 Å². The van der Waals surface area contributed by atoms with Crippen molar-refractivity contribution < 1.29 is 14.7 Å². The SMILES string of the molecule is COc1ccc(-c2n(C)c3c([n+]2[O-])CCC/C3=N\O)cc1. The molecule has 3 rings (SSSR count). The summed E-state index contributed by atoms with van der Waals surface area (Å²) in [4.78, 5) is 0. The number of hydrogen-bond donors (Lipinski definition) is 1. The lowest BCUT2D eigenvalue weighted by molar-refractivity contribution is -0.601. The van der Waals surface area contributed by atoms with Gasteiger partial charge in [-0.3, -0.25) is 0 Å². The molecule has 1 aromatic heterocycles. The number of oxime groups is 1. The third-order valence-electron chi connectivity index (χ3n) is 3.93. The Morgan fingerprint density at radius 3 is 2.62 bits per heavy atom. The van der Waals surface area contributed by atoms with Gasteiger partial charge in [0.15, 0.2) is 11.4 Å². The highest BCUT2D eigenvalue weighted by molar-refractivity contribution is 6.00. The average Bonchev–Trinajstić information content (AvgIpc) is 2.79. The van der Waals surface area contributed by atoms with Crippen LogP contribution in [0.5, 0.6) is 5.75 Å². The molecule has 0 amide bonds. The summed E-state index contributed by atoms with van der Waals surface area (Å²) in [6, 6.07) is 7.35. The molecular formula is C15H17N3O3. The molecule has 1 aliphatic carbocycles. The number of fused-ring (bicyclic) bond motifs is 1. The molecule has 2 aromatic rings. The Hall–Kier alpha value is -2.50. The van der Waals surface area contributed by atoms with Gasteiger partial charge in [-0.15, -0.1) is 0 Å². The first kappa shape index (κ1) is 13.5. The Kier molecular flexibility index (Phi) is 3.29. The largest absolute Gasteiger partial charge is 0.710 e. The van der Waals surface area contributed by atoms with Gasteiger partial charge in [-0.1, -0.05) is 5.16 Å². The predicted octanol–water partition coefficient (Wildman–Crippen LogP) is 1.85. The highest BCUT2D eigenvalue weighted by Crippen LogP contribution is 2.26. The van der Waals surface area contributed by atoms with E-state index in [1.165, 1.54) is 0 Å². The molecule has 6 nitrogen and oxygen atoms in total. The molecule has 0 fully saturated rings. The fourth-order valence-electron chi connectivity index (χ4n) is 2.93. The third-order valence-corrected chi connectivity index (χ3v) is 3.93. The predicted molar refractivity (Wildman–Crippen MR) is 77.6 cm³/mol. The molecule has 1 aromatic carbocycles. The molecule has 0 spiro atoms. The lowest BCUT2D eigenvalue weighted by atomic mass is 9.99. The lowest BCUT2D eigenvalue weighted by Crippen LogP contribution is -2.33. The zero-order chi connectivity index (χ0) is 15.0. The quantitative estimate of drug-likeness (QED) is 0.396. The topological polar surface area (TPSA) is 73.7 Å². The zero-order valence-electron chi connectivity index (χ0n) is 12.0. The summed E-state index contributed by atoms with van der Waals surface area (Å²) in [5.41, 5.74) is 2.77. The Morgan fingerprint density at radius 2 is 2.00 bits per heavy atom. The molecule has 21 heavy (non-hydrogen) atoms. The molecule has 1 heterocycles. The van der Waals surface area contributed by atoms with Crippen molar-refractivity contribution in [2.45, 2.75) is 19.3 Å². The standard InChI is InChI=1S/C15H17N3O3/c1-17-14-12(16-19)4-3-5-13(14)18(20)15(17)10-6-8-11(21-2)9-7-10/h6-9,19H,3-5H2,1-2H3/b16-12+. The molecule has 0 saturated carbocycles. The van der Waals surface area contributed by atoms with Crippen LogP contribution in [0.25, 0.3) is 11.4 Å². The second-order valence-corrected chi connectivity index (χ2v) is 5.10. The van der Waals surface area contributed by atoms with Gasteiger partial charge < -0.3 is 15.2 Å². The maximum atomic E-state index is 12.6. The van der Waals surface area contributed by atoms with Crippen LogP contribution < -0.4 is 9.47 Å². The van der Waals surface area contributed by atoms with Crippen LogP contribution >= 0.6 is 0 Å². The van der Waals surface area contributed by atoms with Crippen LogP contribution in [0, 0.1) is 5.21 Å². The summed E-state index contributed by atoms with van der Waals surface area (Å²) < 4.78 is 7.89. The van der Waals surface area contributed by atoms with E-state index in [9.17, 15) is 5.21 Å². The molecule has 1 aliphatic rings. The van der Waals surface area contributed by atoms with E-state index in [1.807, 2.05) is 31.3 Å². The van der Waals surface area contributed by atoms with Crippen molar-refractivity contribution in [1.29, 1.82) is 0 Å². The van der Waals surface area contributed by atoms with Crippen molar-refractivity contribution in [3.63, 3.8) is 0 Å². The number of hydrogen-bond acceptors (Lipinski definition) is 4. The minimum atomic E-state index is 0.547. The Morgan fingerprint density at radius 1 is 1.29 bits per heavy atom. The van der Waals surface area contributed by atoms with Gasteiger partial charge in [0.2, 0.25) is 0 Å². The van der Waals surface area contributed by atoms with Crippen molar-refractivity contribution in [3.05, 3.63) is 40.9 Å². The molecular weight excluding hydrogens is 270 g/mol. The molecule has 0 aliphatic heterocycles. The van der Waals surface area contributed by atoms with E-state index in [2.05, 4.69) is 5.16 Å². The van der Waals surface area contributed by atoms with Gasteiger partial charge in [0.1, 0.15) is 11.5 Å². The maximum absolute atomic E-state index is 12.6. The molecule has 0 bridgehead atoms. The Bertz CT molecular complexity index is 702. The van der Waals surface area contributed by atoms with Crippen molar-refractivity contribution in [2.75, 3.05) is 7.11 Å². The molecule has 6 heteroatoms. The van der Waals surface area contributed by atoms with Crippen LogP contribution in [0.15, 0.2) is 29.4 Å². The highest BCUT2D eigenvalue weighted by atomic mass is 16.5. The first-order valence-corrected chi connectivity index (χ1v) is 6.84. The van der Waals surface area contributed by atoms with Crippen molar-refractivity contribution >= 4 is 5.71 Å². The first-order valence-electron chi connectivity index (χ1n) is 6.84. The Labute approximate surface area is 122 Å². The van der Waals surface area contributed by atoms with Crippen LogP contribution in [0.1, 0.15) is 24.2 Å². The number of methoxy groups -OCH3 is 1. The molecule has 1 N–H and O–H groups in total. The van der Waals surface area contributed by atoms with Gasteiger partial charge in [0, 0.05) is 6.42 Å². The normalized spacial score (nSPS) is 16.0. The van der Waals surface area contributed by atoms with Gasteiger partial charge in [-0.05, 0) is 37.1 Å². The van der Waals surface area contributed by atoms with Crippen LogP contribution in [0.3, 0.4) is 0 Å². The maximum Gasteiger partial charge on any atom is 0.292 e. The number of ether oxygens (including phenoxy) is 1. The smallest absolute Gasteiger partial charge is 0.292 e. The summed E-state index contributed by atoms with van der Waals surface area (Å²) in [6.45, 7) is 0. The summed E-state index contributed by atoms with van der Waals surface area (Å²) >= 11 is 0. The van der Waals surface area contributed by atoms with Crippen molar-refractivity contribution in [3.8, 4) is 17.1 Å². The van der Waals surface area contributed by atoms with Gasteiger partial charge in [-0.2, -0.15) is 0 Å². The molecule has 0 saturated heterocycles. The fraction of sp³-hybridized carbons (Fsp3) is 0.333. The van der Waals surface area contributed by atoms with Crippen LogP contribution in [0.2, 0.25) is 0 Å². The second kappa shape index (κ2) is 5.12. The molecule has 110 valence electrons. The minimum absolute atomic E-state index is 0.547. The monoisotopic (exact) mass is 287 g/mol. The number of benzene rings is 1. The minimum Gasteiger partial charge on any atom is -0.710 e. The van der Waals surface area contributed by atoms with Gasteiger partial charge in [-0.25, -0.2) is 9.30 Å². The Balaban J connectivity index is 2.17. The van der Waals surface area contributed by atoms with Crippen molar-refractivity contribution in [1.82, 2.24) is 4.57 Å². The van der Waals surface area contributed by atoms with Gasteiger partial charge in [0.05, 0.1) is 19.7 Å². The summed E-state index contributed by atoms with van der Waals surface area (Å²) in [5, 5.41) is 25.1. The highest BCUT2D eigenvalue weighted by Gasteiger charge is 2.32. The van der Waals surface area contributed by atoms with E-state index in [1.54, 1.807) is 11.7 Å². The zero-order valence-corrected chi connectivity index (χ0v) is 12.0. The van der Waals surface area contributed by atoms with E-state index in [-0.39, 0.29) is 0 Å². The van der Waals surface area contributed by atoms with Crippen LogP contribution in [-0.4, -0.2) is 22.6 Å². The van der Waals surface area contributed by atoms with E-state index in [0.717, 1.165) is 28.2 Å². The number of rotatable bonds is 2. The van der Waals surface area contributed by atoms with Crippen LogP contribution in [-0.2, 0) is 13.5 Å². The fourth-order valence-corrected chi connectivity index (χ4v) is 2.93. The van der Waals surface area contributed by atoms with Gasteiger partial charge in [0.25, 0.3) is 5.82 Å². The van der Waals surface area contributed by atoms with E-state index < -0.39 is 0 Å². The summed E-state index contributed by atoms with van der Waals surface area (Å²) in [6.07, 6.45) is 2.20. The summed E-state index contributed by atoms with van der Waals surface area (Å²) in [5.74, 6) is 1.29. The lowest BCUT2D eigenvalue weighted by Gasteiger charge is -2.11. The second-order valence-electron chi connectivity index (χ2n) is 5.10. The average molecular weight is 287 g/mol. The van der Waals surface area contributed by atoms with E-state index in [0.29, 0.717) is 30.1 Å². The molecule has 0 unspecified atom stereocenters. The third kappa shape index (κ3) is 2.03. The van der Waals surface area contributed by atoms with Crippen LogP contribution in [0.4, 0.5) is 0 Å². The first-order chi connectivity index (χ1) is 10.2. The van der Waals surface area contributed by atoms with E-state index in [4.69, 9.17) is 9.94 Å². The molecule has 0 atom stereocenters. The number of aromatic nitrogens is 2.